The number of nitrogens with one attached hydrogen (secondary N) is 1. The normalized spacial score (nSPS) is 10.8. The molecule has 1 heterocycles. The fourth-order valence-electron chi connectivity index (χ4n) is 3.55. The number of pyridine rings is 1. The third kappa shape index (κ3) is 4.36. The van der Waals surface area contributed by atoms with E-state index in [1.54, 1.807) is 6.07 Å². The van der Waals surface area contributed by atoms with Crippen LogP contribution in [0.3, 0.4) is 0 Å². The van der Waals surface area contributed by atoms with Gasteiger partial charge in [-0.15, -0.1) is 0 Å². The average molecular weight is 412 g/mol. The molecule has 4 rings (SSSR count). The van der Waals surface area contributed by atoms with Gasteiger partial charge >= 0.3 is 0 Å². The van der Waals surface area contributed by atoms with Crippen molar-refractivity contribution in [3.63, 3.8) is 0 Å². The second-order valence-electron chi connectivity index (χ2n) is 7.40. The highest BCUT2D eigenvalue weighted by Crippen LogP contribution is 2.30. The summed E-state index contributed by atoms with van der Waals surface area (Å²) in [5.41, 5.74) is 11.5. The first-order chi connectivity index (χ1) is 15.1. The molecule has 0 atom stereocenters. The summed E-state index contributed by atoms with van der Waals surface area (Å²) in [4.78, 5) is 17.7. The van der Waals surface area contributed by atoms with Crippen LogP contribution >= 0.6 is 0 Å². The van der Waals surface area contributed by atoms with Gasteiger partial charge in [0.2, 0.25) is 0 Å². The number of nitrogen functional groups attached to an aromatic ring is 1. The third-order valence-electron chi connectivity index (χ3n) is 5.34. The Morgan fingerprint density at radius 2 is 1.71 bits per heavy atom. The predicted molar refractivity (Wildman–Crippen MR) is 125 cm³/mol. The standard InChI is InChI=1S/C26H25N3O2/c1-3-18-12-14-20(15-13-18)31-16-19-8-4-5-9-21(19)26(30)29-25-17(2)28-23-11-7-6-10-22(23)24(25)27/h4-15H,3,16H2,1-2H3,(H2,27,28)(H,29,30). The molecule has 4 aromatic rings. The highest BCUT2D eigenvalue weighted by Gasteiger charge is 2.16. The van der Waals surface area contributed by atoms with Crippen LogP contribution in [-0.2, 0) is 13.0 Å². The van der Waals surface area contributed by atoms with Crippen molar-refractivity contribution in [1.29, 1.82) is 0 Å². The van der Waals surface area contributed by atoms with Crippen molar-refractivity contribution in [2.24, 2.45) is 0 Å². The van der Waals surface area contributed by atoms with E-state index in [2.05, 4.69) is 17.2 Å². The van der Waals surface area contributed by atoms with E-state index in [1.165, 1.54) is 5.56 Å². The Bertz CT molecular complexity index is 1230. The molecule has 1 aromatic heterocycles. The summed E-state index contributed by atoms with van der Waals surface area (Å²) < 4.78 is 5.92. The van der Waals surface area contributed by atoms with Crippen LogP contribution in [-0.4, -0.2) is 10.9 Å². The number of anilines is 2. The van der Waals surface area contributed by atoms with Crippen LogP contribution < -0.4 is 15.8 Å². The molecule has 0 bridgehead atoms. The SMILES string of the molecule is CCc1ccc(OCc2ccccc2C(=O)Nc2c(C)nc3ccccc3c2N)cc1. The highest BCUT2D eigenvalue weighted by molar-refractivity contribution is 6.09. The Hall–Kier alpha value is -3.86. The molecule has 0 aliphatic carbocycles. The van der Waals surface area contributed by atoms with Crippen molar-refractivity contribution in [3.8, 4) is 5.75 Å². The summed E-state index contributed by atoms with van der Waals surface area (Å²) in [5.74, 6) is 0.527. The van der Waals surface area contributed by atoms with Crippen LogP contribution in [0.4, 0.5) is 11.4 Å². The Balaban J connectivity index is 1.56. The zero-order chi connectivity index (χ0) is 21.8. The van der Waals surface area contributed by atoms with E-state index in [4.69, 9.17) is 10.5 Å². The zero-order valence-electron chi connectivity index (χ0n) is 17.7. The maximum absolute atomic E-state index is 13.1. The number of rotatable bonds is 6. The van der Waals surface area contributed by atoms with Crippen molar-refractivity contribution in [2.75, 3.05) is 11.1 Å². The Morgan fingerprint density at radius 3 is 2.48 bits per heavy atom. The van der Waals surface area contributed by atoms with Crippen LogP contribution in [0, 0.1) is 6.92 Å². The number of para-hydroxylation sites is 1. The number of amides is 1. The zero-order valence-corrected chi connectivity index (χ0v) is 17.7. The molecule has 3 N–H and O–H groups in total. The molecule has 156 valence electrons. The molecule has 5 nitrogen and oxygen atoms in total. The third-order valence-corrected chi connectivity index (χ3v) is 5.34. The summed E-state index contributed by atoms with van der Waals surface area (Å²) in [6.07, 6.45) is 0.982. The van der Waals surface area contributed by atoms with Gasteiger partial charge in [-0.25, -0.2) is 0 Å². The quantitative estimate of drug-likeness (QED) is 0.438. The second kappa shape index (κ2) is 8.88. The van der Waals surface area contributed by atoms with Gasteiger partial charge in [0.1, 0.15) is 12.4 Å². The molecular weight excluding hydrogens is 386 g/mol. The molecule has 3 aromatic carbocycles. The predicted octanol–water partition coefficient (Wildman–Crippen LogP) is 5.52. The van der Waals surface area contributed by atoms with Gasteiger partial charge in [-0.05, 0) is 43.2 Å². The van der Waals surface area contributed by atoms with Crippen molar-refractivity contribution >= 4 is 28.2 Å². The van der Waals surface area contributed by atoms with Gasteiger partial charge in [-0.1, -0.05) is 55.5 Å². The summed E-state index contributed by atoms with van der Waals surface area (Å²) in [5, 5.41) is 3.77. The number of aromatic nitrogens is 1. The van der Waals surface area contributed by atoms with E-state index < -0.39 is 0 Å². The lowest BCUT2D eigenvalue weighted by molar-refractivity contribution is 0.102. The van der Waals surface area contributed by atoms with Crippen LogP contribution in [0.15, 0.2) is 72.8 Å². The fourth-order valence-corrected chi connectivity index (χ4v) is 3.55. The first-order valence-electron chi connectivity index (χ1n) is 10.3. The second-order valence-corrected chi connectivity index (χ2v) is 7.40. The van der Waals surface area contributed by atoms with Gasteiger partial charge in [0.15, 0.2) is 0 Å². The minimum absolute atomic E-state index is 0.243. The molecule has 0 unspecified atom stereocenters. The van der Waals surface area contributed by atoms with Crippen LogP contribution in [0.25, 0.3) is 10.9 Å². The lowest BCUT2D eigenvalue weighted by Gasteiger charge is -2.15. The van der Waals surface area contributed by atoms with Crippen molar-refractivity contribution in [2.45, 2.75) is 26.9 Å². The topological polar surface area (TPSA) is 77.2 Å². The summed E-state index contributed by atoms with van der Waals surface area (Å²) in [6.45, 7) is 4.25. The van der Waals surface area contributed by atoms with Crippen LogP contribution in [0.5, 0.6) is 5.75 Å². The molecule has 5 heteroatoms. The minimum Gasteiger partial charge on any atom is -0.489 e. The summed E-state index contributed by atoms with van der Waals surface area (Å²) in [6, 6.07) is 23.0. The van der Waals surface area contributed by atoms with Gasteiger partial charge in [-0.2, -0.15) is 0 Å². The lowest BCUT2D eigenvalue weighted by atomic mass is 10.1. The maximum atomic E-state index is 13.1. The van der Waals surface area contributed by atoms with Gasteiger partial charge in [-0.3, -0.25) is 9.78 Å². The first kappa shape index (κ1) is 20.4. The Morgan fingerprint density at radius 1 is 1.00 bits per heavy atom. The lowest BCUT2D eigenvalue weighted by Crippen LogP contribution is -2.17. The molecule has 0 radical (unpaired) electrons. The van der Waals surface area contributed by atoms with E-state index in [1.807, 2.05) is 73.7 Å². The number of carbonyl (C=O) groups excluding carboxylic acids is 1. The Kier molecular flexibility index (Phi) is 5.85. The van der Waals surface area contributed by atoms with Gasteiger partial charge < -0.3 is 15.8 Å². The molecule has 1 amide bonds. The number of nitrogens with two attached hydrogens (primary N) is 1. The summed E-state index contributed by atoms with van der Waals surface area (Å²) >= 11 is 0. The number of hydrogen-bond donors (Lipinski definition) is 2. The molecule has 0 saturated heterocycles. The molecule has 31 heavy (non-hydrogen) atoms. The number of nitrogens with zero attached hydrogens (tertiary/aromatic N) is 1. The highest BCUT2D eigenvalue weighted by atomic mass is 16.5. The molecule has 0 spiro atoms. The van der Waals surface area contributed by atoms with Crippen molar-refractivity contribution < 1.29 is 9.53 Å². The van der Waals surface area contributed by atoms with Gasteiger partial charge in [0.25, 0.3) is 5.91 Å². The molecule has 0 saturated carbocycles. The van der Waals surface area contributed by atoms with Crippen molar-refractivity contribution in [1.82, 2.24) is 4.98 Å². The smallest absolute Gasteiger partial charge is 0.256 e. The molecule has 0 aliphatic rings. The van der Waals surface area contributed by atoms with E-state index in [9.17, 15) is 4.79 Å². The monoisotopic (exact) mass is 411 g/mol. The fraction of sp³-hybridized carbons (Fsp3) is 0.154. The van der Waals surface area contributed by atoms with Crippen molar-refractivity contribution in [3.05, 3.63) is 95.2 Å². The number of fused-ring (bicyclic) bond motifs is 1. The molecular formula is C26H25N3O2. The number of aryl methyl sites for hydroxylation is 2. The minimum atomic E-state index is -0.243. The number of ether oxygens (including phenoxy) is 1. The number of hydrogen-bond acceptors (Lipinski definition) is 4. The molecule has 0 fully saturated rings. The average Bonchev–Trinajstić information content (AvgIpc) is 2.81. The molecule has 0 aliphatic heterocycles. The van der Waals surface area contributed by atoms with E-state index in [0.29, 0.717) is 29.2 Å². The first-order valence-corrected chi connectivity index (χ1v) is 10.3. The van der Waals surface area contributed by atoms with E-state index in [0.717, 1.165) is 28.6 Å². The van der Waals surface area contributed by atoms with Crippen LogP contribution in [0.2, 0.25) is 0 Å². The largest absolute Gasteiger partial charge is 0.489 e. The van der Waals surface area contributed by atoms with Gasteiger partial charge in [0, 0.05) is 16.5 Å². The van der Waals surface area contributed by atoms with E-state index in [-0.39, 0.29) is 5.91 Å². The van der Waals surface area contributed by atoms with Gasteiger partial charge in [0.05, 0.1) is 22.6 Å². The Labute approximate surface area is 181 Å². The van der Waals surface area contributed by atoms with Crippen LogP contribution in [0.1, 0.15) is 34.1 Å². The number of carbonyl (C=O) groups is 1. The summed E-state index contributed by atoms with van der Waals surface area (Å²) in [7, 11) is 0. The number of benzene rings is 3. The van der Waals surface area contributed by atoms with E-state index >= 15 is 0 Å². The maximum Gasteiger partial charge on any atom is 0.256 e.